The molecule has 9 heteroatoms. The molecular weight excluding hydrogens is 415 g/mol. The maximum atomic E-state index is 13.2. The van der Waals surface area contributed by atoms with Gasteiger partial charge in [-0.1, -0.05) is 23.4 Å². The van der Waals surface area contributed by atoms with E-state index in [2.05, 4.69) is 10.1 Å². The van der Waals surface area contributed by atoms with Crippen molar-refractivity contribution in [1.82, 2.24) is 19.9 Å². The number of aromatic nitrogens is 2. The van der Waals surface area contributed by atoms with E-state index < -0.39 is 6.04 Å². The van der Waals surface area contributed by atoms with Crippen molar-refractivity contribution in [2.45, 2.75) is 19.4 Å². The number of nitrogens with zero attached hydrogens (tertiary/aromatic N) is 4. The zero-order valence-corrected chi connectivity index (χ0v) is 17.6. The van der Waals surface area contributed by atoms with Crippen LogP contribution in [-0.2, 0) is 4.79 Å². The highest BCUT2D eigenvalue weighted by atomic mass is 19.1. The van der Waals surface area contributed by atoms with Gasteiger partial charge >= 0.3 is 0 Å². The van der Waals surface area contributed by atoms with Gasteiger partial charge < -0.3 is 19.1 Å². The Hall–Kier alpha value is -3.75. The highest BCUT2D eigenvalue weighted by Crippen LogP contribution is 2.26. The fraction of sp³-hybridized carbons (Fsp3) is 0.304. The van der Waals surface area contributed by atoms with E-state index >= 15 is 0 Å². The van der Waals surface area contributed by atoms with Crippen molar-refractivity contribution < 1.29 is 23.2 Å². The van der Waals surface area contributed by atoms with Gasteiger partial charge in [0.05, 0.1) is 6.54 Å². The van der Waals surface area contributed by atoms with Gasteiger partial charge in [-0.3, -0.25) is 9.59 Å². The maximum absolute atomic E-state index is 13.2. The van der Waals surface area contributed by atoms with Crippen molar-refractivity contribution in [3.63, 3.8) is 0 Å². The van der Waals surface area contributed by atoms with Crippen LogP contribution in [0.3, 0.4) is 0 Å². The number of benzene rings is 2. The fourth-order valence-electron chi connectivity index (χ4n) is 3.63. The van der Waals surface area contributed by atoms with E-state index in [0.717, 1.165) is 0 Å². The van der Waals surface area contributed by atoms with E-state index in [-0.39, 0.29) is 36.7 Å². The van der Waals surface area contributed by atoms with Crippen LogP contribution in [-0.4, -0.2) is 58.0 Å². The Morgan fingerprint density at radius 3 is 2.56 bits per heavy atom. The van der Waals surface area contributed by atoms with E-state index in [1.54, 1.807) is 41.0 Å². The zero-order valence-electron chi connectivity index (χ0n) is 17.6. The maximum Gasteiger partial charge on any atom is 0.260 e. The van der Waals surface area contributed by atoms with E-state index in [4.69, 9.17) is 9.26 Å². The van der Waals surface area contributed by atoms with Crippen LogP contribution in [0.2, 0.25) is 0 Å². The third-order valence-electron chi connectivity index (χ3n) is 5.24. The molecular formula is C23H23FN4O4. The summed E-state index contributed by atoms with van der Waals surface area (Å²) in [6.07, 6.45) is 0.588. The Bertz CT molecular complexity index is 1070. The van der Waals surface area contributed by atoms with Gasteiger partial charge in [-0.25, -0.2) is 4.39 Å². The van der Waals surface area contributed by atoms with Gasteiger partial charge in [0.25, 0.3) is 17.7 Å². The molecule has 0 aliphatic carbocycles. The number of ether oxygens (including phenoxy) is 1. The molecule has 1 fully saturated rings. The van der Waals surface area contributed by atoms with Crippen LogP contribution in [0.1, 0.15) is 34.5 Å². The Morgan fingerprint density at radius 1 is 1.12 bits per heavy atom. The molecule has 166 valence electrons. The van der Waals surface area contributed by atoms with Crippen LogP contribution < -0.4 is 4.74 Å². The second-order valence-corrected chi connectivity index (χ2v) is 7.50. The van der Waals surface area contributed by atoms with Gasteiger partial charge in [-0.05, 0) is 49.7 Å². The van der Waals surface area contributed by atoms with Crippen molar-refractivity contribution >= 4 is 11.8 Å². The Kier molecular flexibility index (Phi) is 6.44. The van der Waals surface area contributed by atoms with Crippen molar-refractivity contribution in [3.8, 4) is 5.75 Å². The van der Waals surface area contributed by atoms with E-state index in [0.29, 0.717) is 36.6 Å². The van der Waals surface area contributed by atoms with E-state index in [1.807, 2.05) is 6.07 Å². The Labute approximate surface area is 184 Å². The number of carbonyl (C=O) groups excluding carboxylic acids is 2. The second kappa shape index (κ2) is 9.59. The van der Waals surface area contributed by atoms with Crippen molar-refractivity contribution in [2.75, 3.05) is 26.2 Å². The molecule has 2 aromatic carbocycles. The molecule has 0 N–H and O–H groups in total. The lowest BCUT2D eigenvalue weighted by molar-refractivity contribution is -0.133. The van der Waals surface area contributed by atoms with E-state index in [9.17, 15) is 14.0 Å². The standard InChI is InChI=1S/C23H23FN4O4/c1-16-25-22(32-26-16)20-14-27(21(29)15-31-19-10-8-18(24)9-11-19)12-5-13-28(20)23(30)17-6-3-2-4-7-17/h2-4,6-11,20H,5,12-15H2,1H3. The fourth-order valence-corrected chi connectivity index (χ4v) is 3.63. The minimum absolute atomic E-state index is 0.164. The van der Waals surface area contributed by atoms with Gasteiger partial charge in [0, 0.05) is 18.7 Å². The van der Waals surface area contributed by atoms with Crippen LogP contribution in [0.15, 0.2) is 59.1 Å². The molecule has 0 spiro atoms. The predicted octanol–water partition coefficient (Wildman–Crippen LogP) is 3.01. The number of halogens is 1. The van der Waals surface area contributed by atoms with Gasteiger partial charge in [-0.15, -0.1) is 0 Å². The van der Waals surface area contributed by atoms with Gasteiger partial charge in [-0.2, -0.15) is 4.98 Å². The molecule has 1 aliphatic rings. The molecule has 0 bridgehead atoms. The van der Waals surface area contributed by atoms with Gasteiger partial charge in [0.15, 0.2) is 12.4 Å². The summed E-state index contributed by atoms with van der Waals surface area (Å²) >= 11 is 0. The van der Waals surface area contributed by atoms with Crippen LogP contribution in [0.5, 0.6) is 5.75 Å². The number of carbonyl (C=O) groups is 2. The molecule has 2 heterocycles. The molecule has 1 saturated heterocycles. The zero-order chi connectivity index (χ0) is 22.5. The molecule has 4 rings (SSSR count). The lowest BCUT2D eigenvalue weighted by Gasteiger charge is -2.29. The van der Waals surface area contributed by atoms with Crippen molar-refractivity contribution in [2.24, 2.45) is 0 Å². The van der Waals surface area contributed by atoms with Crippen LogP contribution >= 0.6 is 0 Å². The first-order valence-electron chi connectivity index (χ1n) is 10.3. The summed E-state index contributed by atoms with van der Waals surface area (Å²) in [6, 6.07) is 13.9. The molecule has 1 aliphatic heterocycles. The van der Waals surface area contributed by atoms with E-state index in [1.165, 1.54) is 24.3 Å². The third-order valence-corrected chi connectivity index (χ3v) is 5.24. The molecule has 3 aromatic rings. The first-order chi connectivity index (χ1) is 15.5. The summed E-state index contributed by atoms with van der Waals surface area (Å²) in [4.78, 5) is 33.7. The quantitative estimate of drug-likeness (QED) is 0.609. The molecule has 1 aromatic heterocycles. The number of amides is 2. The molecule has 1 unspecified atom stereocenters. The summed E-state index contributed by atoms with van der Waals surface area (Å²) in [5.74, 6) is 0.351. The number of rotatable bonds is 5. The van der Waals surface area contributed by atoms with Crippen molar-refractivity contribution in [1.29, 1.82) is 0 Å². The topological polar surface area (TPSA) is 88.8 Å². The van der Waals surface area contributed by atoms with Gasteiger partial charge in [0.1, 0.15) is 17.6 Å². The summed E-state index contributed by atoms with van der Waals surface area (Å²) in [5, 5.41) is 3.86. The van der Waals surface area contributed by atoms with Crippen LogP contribution in [0.25, 0.3) is 0 Å². The summed E-state index contributed by atoms with van der Waals surface area (Å²) < 4.78 is 24.0. The van der Waals surface area contributed by atoms with Crippen molar-refractivity contribution in [3.05, 3.63) is 77.7 Å². The monoisotopic (exact) mass is 438 g/mol. The van der Waals surface area contributed by atoms with Crippen LogP contribution in [0.4, 0.5) is 4.39 Å². The minimum Gasteiger partial charge on any atom is -0.484 e. The summed E-state index contributed by atoms with van der Waals surface area (Å²) in [7, 11) is 0. The molecule has 32 heavy (non-hydrogen) atoms. The Balaban J connectivity index is 1.52. The highest BCUT2D eigenvalue weighted by molar-refractivity contribution is 5.94. The molecule has 2 amide bonds. The van der Waals surface area contributed by atoms with Crippen LogP contribution in [0, 0.1) is 12.7 Å². The lowest BCUT2D eigenvalue weighted by atomic mass is 10.1. The Morgan fingerprint density at radius 2 is 1.88 bits per heavy atom. The first-order valence-corrected chi connectivity index (χ1v) is 10.3. The smallest absolute Gasteiger partial charge is 0.260 e. The minimum atomic E-state index is -0.582. The summed E-state index contributed by atoms with van der Waals surface area (Å²) in [5.41, 5.74) is 0.549. The molecule has 0 radical (unpaired) electrons. The largest absolute Gasteiger partial charge is 0.484 e. The molecule has 8 nitrogen and oxygen atoms in total. The predicted molar refractivity (Wildman–Crippen MR) is 112 cm³/mol. The average molecular weight is 438 g/mol. The number of aryl methyl sites for hydroxylation is 1. The molecule has 1 atom stereocenters. The lowest BCUT2D eigenvalue weighted by Crippen LogP contribution is -2.41. The SMILES string of the molecule is Cc1noc(C2CN(C(=O)COc3ccc(F)cc3)CCCN2C(=O)c2ccccc2)n1. The molecule has 0 saturated carbocycles. The van der Waals surface area contributed by atoms with Gasteiger partial charge in [0.2, 0.25) is 0 Å². The normalized spacial score (nSPS) is 16.5. The average Bonchev–Trinajstić information content (AvgIpc) is 3.12. The summed E-state index contributed by atoms with van der Waals surface area (Å²) in [6.45, 7) is 2.59. The first kappa shape index (κ1) is 21.5. The third kappa shape index (κ3) is 4.93. The highest BCUT2D eigenvalue weighted by Gasteiger charge is 2.35. The number of hydrogen-bond acceptors (Lipinski definition) is 6. The number of hydrogen-bond donors (Lipinski definition) is 0. The second-order valence-electron chi connectivity index (χ2n) is 7.50.